The van der Waals surface area contributed by atoms with Crippen molar-refractivity contribution in [2.45, 2.75) is 78.0 Å². The van der Waals surface area contributed by atoms with E-state index in [1.165, 1.54) is 12.1 Å². The fraction of sp³-hybridized carbons (Fsp3) is 0.842. The Morgan fingerprint density at radius 3 is 2.30 bits per heavy atom. The van der Waals surface area contributed by atoms with E-state index in [-0.39, 0.29) is 29.4 Å². The molecular formula is C19H36N4O4. The molecule has 1 aliphatic carbocycles. The molecule has 1 aliphatic rings. The van der Waals surface area contributed by atoms with Gasteiger partial charge >= 0.3 is 5.97 Å². The van der Waals surface area contributed by atoms with Gasteiger partial charge in [0.15, 0.2) is 0 Å². The molecule has 0 heterocycles. The minimum atomic E-state index is -0.395. The summed E-state index contributed by atoms with van der Waals surface area (Å²) in [6, 6.07) is -0.395. The molecule has 8 nitrogen and oxygen atoms in total. The Kier molecular flexibility index (Phi) is 8.37. The Hall–Kier alpha value is -1.99. The van der Waals surface area contributed by atoms with Crippen molar-refractivity contribution in [2.24, 2.45) is 17.1 Å². The zero-order valence-corrected chi connectivity index (χ0v) is 17.8. The number of rotatable bonds is 8. The molecule has 1 rings (SSSR count). The second-order valence-electron chi connectivity index (χ2n) is 8.52. The summed E-state index contributed by atoms with van der Waals surface area (Å²) in [7, 11) is 3.07. The highest BCUT2D eigenvalue weighted by Gasteiger charge is 2.30. The summed E-state index contributed by atoms with van der Waals surface area (Å²) in [6.07, 6.45) is 3.22. The largest absolute Gasteiger partial charge is 0.569 e. The Morgan fingerprint density at radius 2 is 1.85 bits per heavy atom. The first-order chi connectivity index (χ1) is 12.5. The quantitative estimate of drug-likeness (QED) is 0.299. The molecular weight excluding hydrogens is 348 g/mol. The van der Waals surface area contributed by atoms with E-state index in [0.29, 0.717) is 4.97 Å². The predicted molar refractivity (Wildman–Crippen MR) is 103 cm³/mol. The van der Waals surface area contributed by atoms with Crippen LogP contribution in [0.4, 0.5) is 0 Å². The van der Waals surface area contributed by atoms with Crippen LogP contribution in [0.2, 0.25) is 0 Å². The number of nitrogens with one attached hydrogen (secondary N) is 1. The molecule has 0 aliphatic heterocycles. The Bertz CT molecular complexity index is 534. The van der Waals surface area contributed by atoms with Crippen molar-refractivity contribution in [1.29, 1.82) is 0 Å². The van der Waals surface area contributed by atoms with Crippen LogP contribution in [0.1, 0.15) is 60.3 Å². The van der Waals surface area contributed by atoms with E-state index >= 15 is 0 Å². The van der Waals surface area contributed by atoms with Gasteiger partial charge in [0.05, 0.1) is 24.7 Å². The molecule has 1 unspecified atom stereocenters. The van der Waals surface area contributed by atoms with Gasteiger partial charge < -0.3 is 20.1 Å². The highest BCUT2D eigenvalue weighted by molar-refractivity contribution is 5.76. The lowest BCUT2D eigenvalue weighted by Crippen LogP contribution is -2.43. The highest BCUT2D eigenvalue weighted by Crippen LogP contribution is 2.30. The maximum atomic E-state index is 12.0. The highest BCUT2D eigenvalue weighted by atomic mass is 16.7. The first-order valence-corrected chi connectivity index (χ1v) is 9.58. The Morgan fingerprint density at radius 1 is 1.30 bits per heavy atom. The van der Waals surface area contributed by atoms with Crippen molar-refractivity contribution in [2.75, 3.05) is 14.2 Å². The van der Waals surface area contributed by atoms with Crippen LogP contribution in [0.15, 0.2) is 17.6 Å². The van der Waals surface area contributed by atoms with Gasteiger partial charge in [0, 0.05) is 5.70 Å². The van der Waals surface area contributed by atoms with Gasteiger partial charge in [-0.25, -0.2) is 4.79 Å². The molecule has 8 heteroatoms. The fourth-order valence-electron chi connectivity index (χ4n) is 2.88. The summed E-state index contributed by atoms with van der Waals surface area (Å²) >= 11 is 0. The van der Waals surface area contributed by atoms with Crippen LogP contribution in [0, 0.1) is 17.0 Å². The molecule has 1 fully saturated rings. The van der Waals surface area contributed by atoms with Crippen molar-refractivity contribution < 1.29 is 19.3 Å². The zero-order valence-electron chi connectivity index (χ0n) is 17.8. The van der Waals surface area contributed by atoms with E-state index in [1.807, 2.05) is 34.6 Å². The molecule has 0 radical (unpaired) electrons. The molecule has 0 aromatic rings. The monoisotopic (exact) mass is 384 g/mol. The SMILES string of the molecule is C=C(NC(C(=O)OC)C(C)C)C1CCC(O/N=[N+](\[O-])N(C)C(C)(C)C)CC1. The number of carbonyl (C=O) groups is 1. The van der Waals surface area contributed by atoms with E-state index in [2.05, 4.69) is 17.2 Å². The predicted octanol–water partition coefficient (Wildman–Crippen LogP) is 3.39. The van der Waals surface area contributed by atoms with Crippen LogP contribution >= 0.6 is 0 Å². The smallest absolute Gasteiger partial charge is 0.328 e. The van der Waals surface area contributed by atoms with E-state index in [0.717, 1.165) is 31.4 Å². The normalized spacial score (nSPS) is 22.1. The molecule has 0 amide bonds. The van der Waals surface area contributed by atoms with Crippen LogP contribution in [-0.2, 0) is 14.4 Å². The second kappa shape index (κ2) is 9.80. The van der Waals surface area contributed by atoms with E-state index in [1.54, 1.807) is 7.05 Å². The average Bonchev–Trinajstić information content (AvgIpc) is 2.62. The van der Waals surface area contributed by atoms with Gasteiger partial charge in [-0.3, -0.25) is 0 Å². The van der Waals surface area contributed by atoms with Crippen molar-refractivity contribution in [3.8, 4) is 0 Å². The van der Waals surface area contributed by atoms with Crippen molar-refractivity contribution in [3.05, 3.63) is 17.5 Å². The standard InChI is InChI=1S/C19H36N4O4/c1-13(2)17(18(24)26-8)20-14(3)15-9-11-16(12-10-15)27-21-23(25)22(7)19(4,5)6/h13,15-17,20H,3,9-12H2,1-2,4-8H3/b23-21-. The van der Waals surface area contributed by atoms with Gasteiger partial charge in [0.1, 0.15) is 12.1 Å². The summed E-state index contributed by atoms with van der Waals surface area (Å²) in [6.45, 7) is 13.8. The number of esters is 1. The van der Waals surface area contributed by atoms with Gasteiger partial charge in [-0.2, -0.15) is 0 Å². The lowest BCUT2D eigenvalue weighted by Gasteiger charge is -2.31. The fourth-order valence-corrected chi connectivity index (χ4v) is 2.88. The van der Waals surface area contributed by atoms with Gasteiger partial charge in [0.2, 0.25) is 5.28 Å². The first kappa shape index (κ1) is 23.0. The number of hydrazine groups is 1. The van der Waals surface area contributed by atoms with Gasteiger partial charge in [-0.15, -0.1) is 5.01 Å². The lowest BCUT2D eigenvalue weighted by atomic mass is 9.85. The van der Waals surface area contributed by atoms with E-state index in [4.69, 9.17) is 9.57 Å². The Balaban J connectivity index is 2.52. The minimum absolute atomic E-state index is 0.0830. The third-order valence-corrected chi connectivity index (χ3v) is 5.12. The van der Waals surface area contributed by atoms with Crippen molar-refractivity contribution in [3.63, 3.8) is 0 Å². The summed E-state index contributed by atoms with van der Waals surface area (Å²) < 4.78 is 4.86. The number of carbonyl (C=O) groups excluding carboxylic acids is 1. The lowest BCUT2D eigenvalue weighted by molar-refractivity contribution is -0.720. The summed E-state index contributed by atoms with van der Waals surface area (Å²) in [5.74, 6) is 0.0901. The molecule has 0 bridgehead atoms. The molecule has 0 spiro atoms. The number of methoxy groups -OCH3 is 1. The molecule has 0 aromatic carbocycles. The number of ether oxygens (including phenoxy) is 1. The number of nitrogens with zero attached hydrogens (tertiary/aromatic N) is 3. The molecule has 27 heavy (non-hydrogen) atoms. The topological polar surface area (TPSA) is 89.2 Å². The van der Waals surface area contributed by atoms with Crippen LogP contribution in [0.25, 0.3) is 0 Å². The molecule has 1 N–H and O–H groups in total. The average molecular weight is 385 g/mol. The Labute approximate surface area is 163 Å². The third-order valence-electron chi connectivity index (χ3n) is 5.12. The zero-order chi connectivity index (χ0) is 20.8. The van der Waals surface area contributed by atoms with Crippen LogP contribution in [0.5, 0.6) is 0 Å². The van der Waals surface area contributed by atoms with Crippen LogP contribution < -0.4 is 5.32 Å². The molecule has 0 saturated heterocycles. The number of allylic oxidation sites excluding steroid dienone is 1. The van der Waals surface area contributed by atoms with Crippen molar-refractivity contribution in [1.82, 2.24) is 10.3 Å². The third kappa shape index (κ3) is 6.92. The number of hydrogen-bond acceptors (Lipinski definition) is 6. The van der Waals surface area contributed by atoms with Crippen LogP contribution in [-0.4, -0.2) is 47.8 Å². The maximum absolute atomic E-state index is 12.0. The van der Waals surface area contributed by atoms with Gasteiger partial charge in [0.25, 0.3) is 0 Å². The summed E-state index contributed by atoms with van der Waals surface area (Å²) in [4.78, 5) is 17.8. The summed E-state index contributed by atoms with van der Waals surface area (Å²) in [5, 5.41) is 20.4. The molecule has 156 valence electrons. The molecule has 1 atom stereocenters. The van der Waals surface area contributed by atoms with Crippen LogP contribution in [0.3, 0.4) is 0 Å². The summed E-state index contributed by atoms with van der Waals surface area (Å²) in [5.41, 5.74) is 0.523. The van der Waals surface area contributed by atoms with E-state index in [9.17, 15) is 10.0 Å². The number of hydrogen-bond donors (Lipinski definition) is 1. The van der Waals surface area contributed by atoms with Crippen molar-refractivity contribution >= 4 is 5.97 Å². The second-order valence-corrected chi connectivity index (χ2v) is 8.52. The molecule has 0 aromatic heterocycles. The molecule has 1 saturated carbocycles. The van der Waals surface area contributed by atoms with E-state index < -0.39 is 6.04 Å². The van der Waals surface area contributed by atoms with Gasteiger partial charge in [-0.05, 0) is 58.3 Å². The minimum Gasteiger partial charge on any atom is -0.569 e. The first-order valence-electron chi connectivity index (χ1n) is 9.58. The maximum Gasteiger partial charge on any atom is 0.328 e. The van der Waals surface area contributed by atoms with Gasteiger partial charge in [-0.1, -0.05) is 20.4 Å².